The molecule has 19 heavy (non-hydrogen) atoms. The summed E-state index contributed by atoms with van der Waals surface area (Å²) >= 11 is 0. The molecule has 0 aliphatic heterocycles. The van der Waals surface area contributed by atoms with Crippen molar-refractivity contribution in [2.24, 2.45) is 5.73 Å². The van der Waals surface area contributed by atoms with Crippen molar-refractivity contribution in [3.63, 3.8) is 0 Å². The molecule has 2 aromatic heterocycles. The number of hydrogen-bond donors (Lipinski definition) is 1. The largest absolute Gasteiger partial charge is 0.439 e. The van der Waals surface area contributed by atoms with Gasteiger partial charge in [-0.1, -0.05) is 12.1 Å². The number of nitrogens with zero attached hydrogens (tertiary/aromatic N) is 4. The van der Waals surface area contributed by atoms with Crippen LogP contribution >= 0.6 is 0 Å². The monoisotopic (exact) mass is 255 g/mol. The van der Waals surface area contributed by atoms with E-state index in [-0.39, 0.29) is 0 Å². The number of rotatable bonds is 3. The van der Waals surface area contributed by atoms with Crippen LogP contribution in [-0.2, 0) is 6.54 Å². The fourth-order valence-corrected chi connectivity index (χ4v) is 1.78. The average Bonchev–Trinajstić information content (AvgIpc) is 2.88. The first kappa shape index (κ1) is 11.6. The van der Waals surface area contributed by atoms with Gasteiger partial charge in [0, 0.05) is 18.3 Å². The summed E-state index contributed by atoms with van der Waals surface area (Å²) in [7, 11) is 0. The highest BCUT2D eigenvalue weighted by Crippen LogP contribution is 2.22. The van der Waals surface area contributed by atoms with Gasteiger partial charge in [0.1, 0.15) is 12.1 Å². The molecular formula is C13H13N5O. The summed E-state index contributed by atoms with van der Waals surface area (Å²) in [6.07, 6.45) is 1.45. The number of aryl methyl sites for hydroxylation is 1. The van der Waals surface area contributed by atoms with Crippen LogP contribution in [0.1, 0.15) is 11.3 Å². The molecule has 0 bridgehead atoms. The summed E-state index contributed by atoms with van der Waals surface area (Å²) in [5, 5.41) is 4.09. The van der Waals surface area contributed by atoms with Gasteiger partial charge in [-0.25, -0.2) is 4.98 Å². The molecule has 2 N–H and O–H groups in total. The zero-order valence-electron chi connectivity index (χ0n) is 10.4. The first-order valence-corrected chi connectivity index (χ1v) is 5.90. The molecule has 0 amide bonds. The minimum atomic E-state index is 0.516. The Balaban J connectivity index is 1.97. The second-order valence-electron chi connectivity index (χ2n) is 4.16. The molecule has 6 nitrogen and oxygen atoms in total. The van der Waals surface area contributed by atoms with Crippen molar-refractivity contribution in [3.8, 4) is 11.6 Å². The third kappa shape index (κ3) is 2.25. The van der Waals surface area contributed by atoms with Gasteiger partial charge in [-0.15, -0.1) is 0 Å². The van der Waals surface area contributed by atoms with Crippen molar-refractivity contribution >= 4 is 5.78 Å². The van der Waals surface area contributed by atoms with E-state index in [1.54, 1.807) is 4.52 Å². The van der Waals surface area contributed by atoms with Gasteiger partial charge in [-0.3, -0.25) is 0 Å². The number of hydrogen-bond acceptors (Lipinski definition) is 5. The highest BCUT2D eigenvalue weighted by molar-refractivity contribution is 5.36. The summed E-state index contributed by atoms with van der Waals surface area (Å²) in [6, 6.07) is 9.43. The summed E-state index contributed by atoms with van der Waals surface area (Å²) in [4.78, 5) is 8.31. The molecule has 6 heteroatoms. The molecule has 0 radical (unpaired) electrons. The van der Waals surface area contributed by atoms with Gasteiger partial charge in [0.25, 0.3) is 5.78 Å². The van der Waals surface area contributed by atoms with Crippen LogP contribution in [-0.4, -0.2) is 19.6 Å². The van der Waals surface area contributed by atoms with Crippen LogP contribution in [0.4, 0.5) is 0 Å². The molecule has 0 saturated carbocycles. The number of ether oxygens (including phenoxy) is 1. The van der Waals surface area contributed by atoms with E-state index in [0.717, 1.165) is 17.0 Å². The zero-order valence-corrected chi connectivity index (χ0v) is 10.4. The van der Waals surface area contributed by atoms with Crippen molar-refractivity contribution in [3.05, 3.63) is 47.9 Å². The predicted octanol–water partition coefficient (Wildman–Crippen LogP) is 1.68. The van der Waals surface area contributed by atoms with Gasteiger partial charge >= 0.3 is 0 Å². The number of fused-ring (bicyclic) bond motifs is 1. The molecule has 2 heterocycles. The smallest absolute Gasteiger partial charge is 0.255 e. The summed E-state index contributed by atoms with van der Waals surface area (Å²) in [5.74, 6) is 1.83. The molecule has 1 aromatic carbocycles. The van der Waals surface area contributed by atoms with E-state index in [4.69, 9.17) is 10.5 Å². The minimum absolute atomic E-state index is 0.516. The van der Waals surface area contributed by atoms with E-state index in [0.29, 0.717) is 18.2 Å². The molecular weight excluding hydrogens is 242 g/mol. The Labute approximate surface area is 109 Å². The number of nitrogens with two attached hydrogens (primary N) is 1. The molecule has 0 aliphatic carbocycles. The molecule has 96 valence electrons. The number of aromatic nitrogens is 4. The van der Waals surface area contributed by atoms with Gasteiger partial charge in [0.2, 0.25) is 5.88 Å². The van der Waals surface area contributed by atoms with E-state index in [2.05, 4.69) is 15.1 Å². The minimum Gasteiger partial charge on any atom is -0.439 e. The van der Waals surface area contributed by atoms with Crippen molar-refractivity contribution in [2.75, 3.05) is 0 Å². The Bertz CT molecular complexity index is 705. The highest BCUT2D eigenvalue weighted by Gasteiger charge is 2.07. The van der Waals surface area contributed by atoms with Gasteiger partial charge in [-0.05, 0) is 24.6 Å². The van der Waals surface area contributed by atoms with Crippen molar-refractivity contribution in [1.82, 2.24) is 19.6 Å². The van der Waals surface area contributed by atoms with Gasteiger partial charge in [0.15, 0.2) is 0 Å². The van der Waals surface area contributed by atoms with Crippen LogP contribution in [0.2, 0.25) is 0 Å². The Kier molecular flexibility index (Phi) is 2.85. The average molecular weight is 255 g/mol. The Hall–Kier alpha value is -2.47. The topological polar surface area (TPSA) is 78.3 Å². The van der Waals surface area contributed by atoms with Crippen molar-refractivity contribution in [1.29, 1.82) is 0 Å². The lowest BCUT2D eigenvalue weighted by atomic mass is 10.2. The molecule has 0 saturated heterocycles. The summed E-state index contributed by atoms with van der Waals surface area (Å²) < 4.78 is 7.37. The lowest BCUT2D eigenvalue weighted by Crippen LogP contribution is -1.99. The first-order valence-electron chi connectivity index (χ1n) is 5.90. The van der Waals surface area contributed by atoms with E-state index >= 15 is 0 Å². The molecule has 3 aromatic rings. The van der Waals surface area contributed by atoms with E-state index in [9.17, 15) is 0 Å². The molecule has 0 spiro atoms. The lowest BCUT2D eigenvalue weighted by Gasteiger charge is -2.08. The highest BCUT2D eigenvalue weighted by atomic mass is 16.5. The maximum absolute atomic E-state index is 5.81. The SMILES string of the molecule is Cc1cc(Oc2ccc(CN)cc2)n2ncnc2n1. The third-order valence-corrected chi connectivity index (χ3v) is 2.73. The second kappa shape index (κ2) is 4.66. The standard InChI is InChI=1S/C13H13N5O/c1-9-6-12(18-13(17-9)15-8-16-18)19-11-4-2-10(7-14)3-5-11/h2-6,8H,7,14H2,1H3. The zero-order chi connectivity index (χ0) is 13.2. The van der Waals surface area contributed by atoms with Crippen LogP contribution in [0, 0.1) is 6.92 Å². The van der Waals surface area contributed by atoms with E-state index in [1.807, 2.05) is 37.3 Å². The Morgan fingerprint density at radius 3 is 2.79 bits per heavy atom. The van der Waals surface area contributed by atoms with E-state index < -0.39 is 0 Å². The van der Waals surface area contributed by atoms with Crippen LogP contribution < -0.4 is 10.5 Å². The summed E-state index contributed by atoms with van der Waals surface area (Å²) in [5.41, 5.74) is 7.45. The van der Waals surface area contributed by atoms with E-state index in [1.165, 1.54) is 6.33 Å². The first-order chi connectivity index (χ1) is 9.26. The Morgan fingerprint density at radius 1 is 1.26 bits per heavy atom. The van der Waals surface area contributed by atoms with Crippen LogP contribution in [0.15, 0.2) is 36.7 Å². The van der Waals surface area contributed by atoms with Crippen LogP contribution in [0.5, 0.6) is 11.6 Å². The predicted molar refractivity (Wildman–Crippen MR) is 69.9 cm³/mol. The lowest BCUT2D eigenvalue weighted by molar-refractivity contribution is 0.445. The van der Waals surface area contributed by atoms with Crippen LogP contribution in [0.25, 0.3) is 5.78 Å². The maximum Gasteiger partial charge on any atom is 0.255 e. The van der Waals surface area contributed by atoms with Crippen LogP contribution in [0.3, 0.4) is 0 Å². The number of benzene rings is 1. The van der Waals surface area contributed by atoms with Gasteiger partial charge in [-0.2, -0.15) is 14.6 Å². The van der Waals surface area contributed by atoms with Crippen molar-refractivity contribution < 1.29 is 4.74 Å². The molecule has 0 atom stereocenters. The molecule has 0 unspecified atom stereocenters. The third-order valence-electron chi connectivity index (χ3n) is 2.73. The van der Waals surface area contributed by atoms with Crippen molar-refractivity contribution in [2.45, 2.75) is 13.5 Å². The van der Waals surface area contributed by atoms with Gasteiger partial charge in [0.05, 0.1) is 0 Å². The summed E-state index contributed by atoms with van der Waals surface area (Å²) in [6.45, 7) is 2.40. The fraction of sp³-hybridized carbons (Fsp3) is 0.154. The normalized spacial score (nSPS) is 10.8. The maximum atomic E-state index is 5.81. The second-order valence-corrected chi connectivity index (χ2v) is 4.16. The van der Waals surface area contributed by atoms with Gasteiger partial charge < -0.3 is 10.5 Å². The molecule has 3 rings (SSSR count). The Morgan fingerprint density at radius 2 is 2.05 bits per heavy atom. The molecule has 0 fully saturated rings. The fourth-order valence-electron chi connectivity index (χ4n) is 1.78. The molecule has 0 aliphatic rings. The quantitative estimate of drug-likeness (QED) is 0.770.